The maximum atomic E-state index is 13.0. The maximum absolute atomic E-state index is 13.0. The Balaban J connectivity index is 0.00000420. The predicted molar refractivity (Wildman–Crippen MR) is 95.3 cm³/mol. The summed E-state index contributed by atoms with van der Waals surface area (Å²) in [5, 5.41) is 30.8. The van der Waals surface area contributed by atoms with Gasteiger partial charge in [0, 0.05) is 0 Å². The van der Waals surface area contributed by atoms with Gasteiger partial charge in [0.25, 0.3) is 0 Å². The molecule has 2 rings (SSSR count). The number of carboxylic acids is 2. The fraction of sp³-hybridized carbons (Fsp3) is 0.316. The van der Waals surface area contributed by atoms with Gasteiger partial charge in [-0.05, 0) is 43.2 Å². The van der Waals surface area contributed by atoms with E-state index < -0.39 is 35.1 Å². The molecule has 0 aromatic heterocycles. The Labute approximate surface area is 189 Å². The number of phenolic OH excluding ortho intramolecular Hbond substituents is 1. The number of aromatic hydroxyl groups is 1. The van der Waals surface area contributed by atoms with E-state index in [2.05, 4.69) is 5.48 Å². The second-order valence-corrected chi connectivity index (χ2v) is 6.30. The Bertz CT molecular complexity index is 822. The summed E-state index contributed by atoms with van der Waals surface area (Å²) >= 11 is 0. The van der Waals surface area contributed by atoms with Crippen LogP contribution in [0.3, 0.4) is 0 Å². The first-order valence-electron chi connectivity index (χ1n) is 8.53. The molecule has 0 fully saturated rings. The normalized spacial score (nSPS) is 21.4. The van der Waals surface area contributed by atoms with Crippen LogP contribution in [0, 0.1) is 11.3 Å². The van der Waals surface area contributed by atoms with Crippen LogP contribution in [0.4, 0.5) is 0 Å². The first-order chi connectivity index (χ1) is 13.2. The van der Waals surface area contributed by atoms with Crippen molar-refractivity contribution in [2.75, 3.05) is 6.61 Å². The molecule has 0 radical (unpaired) electrons. The van der Waals surface area contributed by atoms with Crippen molar-refractivity contribution >= 4 is 17.7 Å². The summed E-state index contributed by atoms with van der Waals surface area (Å²) in [4.78, 5) is 41.6. The molecule has 2 unspecified atom stereocenters. The molecule has 1 aromatic rings. The summed E-state index contributed by atoms with van der Waals surface area (Å²) in [6.45, 7) is 1.98. The van der Waals surface area contributed by atoms with Gasteiger partial charge >= 0.3 is 35.5 Å². The maximum Gasteiger partial charge on any atom is 1.00 e. The largest absolute Gasteiger partial charge is 1.00 e. The van der Waals surface area contributed by atoms with Crippen LogP contribution in [-0.2, 0) is 25.6 Å². The van der Waals surface area contributed by atoms with E-state index in [0.717, 1.165) is 12.2 Å². The third-order valence-corrected chi connectivity index (χ3v) is 4.44. The summed E-state index contributed by atoms with van der Waals surface area (Å²) in [6.07, 6.45) is 3.26. The summed E-state index contributed by atoms with van der Waals surface area (Å²) in [5.74, 6) is -6.07. The van der Waals surface area contributed by atoms with Crippen LogP contribution >= 0.6 is 0 Å². The average Bonchev–Trinajstić information content (AvgIpc) is 2.67. The Morgan fingerprint density at radius 1 is 1.31 bits per heavy atom. The van der Waals surface area contributed by atoms with E-state index >= 15 is 0 Å². The standard InChI is InChI=1S/C19H22N2O7.Na/c1-2-28-21-12-7-8-19(18(26)27,14(10-12)17(24)25)16(23)15(20)9-11-3-5-13(22)6-4-11;/h3-8,10,14-15,21-22H,2,9,20H2,1H3,(H,24,25)(H,26,27);/q;+1/p-1/t14?,15-,19?;/m0./s1. The molecule has 0 saturated carbocycles. The number of Topliss-reactive ketones (excluding diaryl/α,β-unsaturated/α-hetero) is 1. The number of nitrogens with one attached hydrogen (secondary N) is 1. The van der Waals surface area contributed by atoms with Crippen LogP contribution in [0.5, 0.6) is 5.75 Å². The summed E-state index contributed by atoms with van der Waals surface area (Å²) in [7, 11) is 0. The van der Waals surface area contributed by atoms with Gasteiger partial charge < -0.3 is 25.8 Å². The molecule has 5 N–H and O–H groups in total. The molecule has 0 spiro atoms. The molecule has 10 heteroatoms. The van der Waals surface area contributed by atoms with E-state index in [-0.39, 0.29) is 54.0 Å². The Kier molecular flexibility index (Phi) is 9.06. The monoisotopic (exact) mass is 412 g/mol. The van der Waals surface area contributed by atoms with Gasteiger partial charge in [0.1, 0.15) is 11.2 Å². The predicted octanol–water partition coefficient (Wildman–Crippen LogP) is -3.73. The van der Waals surface area contributed by atoms with Crippen molar-refractivity contribution in [3.05, 3.63) is 53.8 Å². The van der Waals surface area contributed by atoms with E-state index in [1.54, 1.807) is 6.92 Å². The van der Waals surface area contributed by atoms with Crippen LogP contribution in [0.2, 0.25) is 0 Å². The van der Waals surface area contributed by atoms with Crippen LogP contribution in [-0.4, -0.2) is 40.6 Å². The number of hydrogen-bond acceptors (Lipinski definition) is 8. The number of rotatable bonds is 9. The molecule has 150 valence electrons. The Morgan fingerprint density at radius 2 is 1.93 bits per heavy atom. The molecule has 9 nitrogen and oxygen atoms in total. The van der Waals surface area contributed by atoms with Crippen molar-refractivity contribution < 1.29 is 64.1 Å². The Hall–Kier alpha value is -2.17. The smallest absolute Gasteiger partial charge is 0.549 e. The number of carboxylic acid groups (broad SMARTS) is 2. The van der Waals surface area contributed by atoms with E-state index in [1.165, 1.54) is 30.3 Å². The number of carbonyl (C=O) groups is 3. The quantitative estimate of drug-likeness (QED) is 0.181. The summed E-state index contributed by atoms with van der Waals surface area (Å²) in [6, 6.07) is 4.56. The van der Waals surface area contributed by atoms with Gasteiger partial charge in [0.15, 0.2) is 5.78 Å². The van der Waals surface area contributed by atoms with E-state index in [1.807, 2.05) is 0 Å². The molecule has 0 saturated heterocycles. The number of allylic oxidation sites excluding steroid dienone is 1. The summed E-state index contributed by atoms with van der Waals surface area (Å²) < 4.78 is 0. The van der Waals surface area contributed by atoms with Gasteiger partial charge in [0.05, 0.1) is 30.2 Å². The fourth-order valence-corrected chi connectivity index (χ4v) is 3.00. The first kappa shape index (κ1) is 24.9. The molecule has 29 heavy (non-hydrogen) atoms. The van der Waals surface area contributed by atoms with Gasteiger partial charge in [-0.15, -0.1) is 0 Å². The minimum atomic E-state index is -2.46. The van der Waals surface area contributed by atoms with Crippen molar-refractivity contribution in [2.45, 2.75) is 19.4 Å². The van der Waals surface area contributed by atoms with Crippen molar-refractivity contribution in [3.8, 4) is 5.75 Å². The van der Waals surface area contributed by atoms with Crippen molar-refractivity contribution in [3.63, 3.8) is 0 Å². The first-order valence-corrected chi connectivity index (χ1v) is 8.53. The topological polar surface area (TPSA) is 162 Å². The molecule has 0 aliphatic heterocycles. The number of ketones is 1. The van der Waals surface area contributed by atoms with E-state index in [0.29, 0.717) is 5.56 Å². The number of phenols is 1. The number of nitrogens with two attached hydrogens (primary N) is 1. The molecular weight excluding hydrogens is 391 g/mol. The number of hydroxylamine groups is 1. The zero-order chi connectivity index (χ0) is 20.9. The molecule has 0 amide bonds. The zero-order valence-corrected chi connectivity index (χ0v) is 18.1. The fourth-order valence-electron chi connectivity index (χ4n) is 3.00. The Morgan fingerprint density at radius 3 is 2.45 bits per heavy atom. The zero-order valence-electron chi connectivity index (χ0n) is 16.1. The second-order valence-electron chi connectivity index (χ2n) is 6.30. The van der Waals surface area contributed by atoms with Crippen LogP contribution < -0.4 is 45.9 Å². The number of hydrogen-bond donors (Lipinski definition) is 4. The molecule has 1 aromatic carbocycles. The van der Waals surface area contributed by atoms with Gasteiger partial charge in [-0.2, -0.15) is 0 Å². The molecular formula is C19H21N2NaO7. The number of aliphatic carboxylic acids is 2. The van der Waals surface area contributed by atoms with Crippen LogP contribution in [0.1, 0.15) is 12.5 Å². The average molecular weight is 412 g/mol. The molecule has 0 bridgehead atoms. The van der Waals surface area contributed by atoms with Crippen molar-refractivity contribution in [1.82, 2.24) is 5.48 Å². The SMILES string of the molecule is CCONC1=CC(C(=O)O)C(C(=O)[O-])(C(=O)[C@@H](N)Cc2ccc(O)cc2)C=C1.[Na+]. The molecule has 1 aliphatic carbocycles. The van der Waals surface area contributed by atoms with E-state index in [4.69, 9.17) is 10.6 Å². The van der Waals surface area contributed by atoms with E-state index in [9.17, 15) is 29.7 Å². The van der Waals surface area contributed by atoms with Gasteiger partial charge in [-0.3, -0.25) is 19.9 Å². The van der Waals surface area contributed by atoms with Crippen molar-refractivity contribution in [2.24, 2.45) is 17.1 Å². The number of benzene rings is 1. The molecule has 0 heterocycles. The van der Waals surface area contributed by atoms with Gasteiger partial charge in [-0.25, -0.2) is 0 Å². The van der Waals surface area contributed by atoms with Crippen LogP contribution in [0.15, 0.2) is 48.2 Å². The minimum Gasteiger partial charge on any atom is -0.549 e. The van der Waals surface area contributed by atoms with Gasteiger partial charge in [0.2, 0.25) is 0 Å². The van der Waals surface area contributed by atoms with Crippen molar-refractivity contribution in [1.29, 1.82) is 0 Å². The third-order valence-electron chi connectivity index (χ3n) is 4.44. The number of carbonyl (C=O) groups excluding carboxylic acids is 2. The molecule has 1 aliphatic rings. The second kappa shape index (κ2) is 10.6. The minimum absolute atomic E-state index is 0. The summed E-state index contributed by atoms with van der Waals surface area (Å²) in [5.41, 5.74) is 6.72. The van der Waals surface area contributed by atoms with Crippen LogP contribution in [0.25, 0.3) is 0 Å². The molecule has 3 atom stereocenters. The van der Waals surface area contributed by atoms with Gasteiger partial charge in [-0.1, -0.05) is 18.2 Å². The third kappa shape index (κ3) is 5.46.